The molecule has 0 saturated carbocycles. The quantitative estimate of drug-likeness (QED) is 0.586. The molecule has 4 rings (SSSR count). The van der Waals surface area contributed by atoms with Crippen LogP contribution >= 0.6 is 0 Å². The Morgan fingerprint density at radius 2 is 1.85 bits per heavy atom. The van der Waals surface area contributed by atoms with E-state index in [-0.39, 0.29) is 11.4 Å². The zero-order chi connectivity index (χ0) is 18.0. The van der Waals surface area contributed by atoms with Gasteiger partial charge in [0.25, 0.3) is 0 Å². The number of hydrogen-bond donors (Lipinski definition) is 1. The summed E-state index contributed by atoms with van der Waals surface area (Å²) in [5.41, 5.74) is 1.27. The summed E-state index contributed by atoms with van der Waals surface area (Å²) in [4.78, 5) is 4.24. The number of nitrogens with one attached hydrogen (secondary N) is 1. The average Bonchev–Trinajstić information content (AvgIpc) is 3.16. The molecule has 0 spiro atoms. The van der Waals surface area contributed by atoms with Gasteiger partial charge in [-0.25, -0.2) is 17.8 Å². The second-order valence-corrected chi connectivity index (χ2v) is 7.47. The zero-order valence-corrected chi connectivity index (χ0v) is 14.5. The molecule has 0 radical (unpaired) electrons. The molecule has 2 aromatic heterocycles. The SMILES string of the molecule is O=S(=O)(NCc1cn(-c2cccnc2)nn1)c1ccc2ccccc2c1. The van der Waals surface area contributed by atoms with E-state index in [0.29, 0.717) is 5.69 Å². The fourth-order valence-corrected chi connectivity index (χ4v) is 3.62. The molecule has 2 heterocycles. The number of hydrogen-bond acceptors (Lipinski definition) is 5. The summed E-state index contributed by atoms with van der Waals surface area (Å²) in [7, 11) is -3.64. The second-order valence-electron chi connectivity index (χ2n) is 5.70. The first-order chi connectivity index (χ1) is 12.6. The molecule has 1 N–H and O–H groups in total. The number of nitrogens with zero attached hydrogens (tertiary/aromatic N) is 4. The smallest absolute Gasteiger partial charge is 0.240 e. The van der Waals surface area contributed by atoms with Crippen LogP contribution in [0.5, 0.6) is 0 Å². The van der Waals surface area contributed by atoms with Gasteiger partial charge in [0.2, 0.25) is 10.0 Å². The lowest BCUT2D eigenvalue weighted by Gasteiger charge is -2.06. The highest BCUT2D eigenvalue weighted by atomic mass is 32.2. The Morgan fingerprint density at radius 3 is 2.65 bits per heavy atom. The highest BCUT2D eigenvalue weighted by Crippen LogP contribution is 2.19. The third-order valence-corrected chi connectivity index (χ3v) is 5.32. The van der Waals surface area contributed by atoms with Crippen molar-refractivity contribution in [2.75, 3.05) is 0 Å². The van der Waals surface area contributed by atoms with Gasteiger partial charge >= 0.3 is 0 Å². The van der Waals surface area contributed by atoms with Gasteiger partial charge in [-0.2, -0.15) is 0 Å². The lowest BCUT2D eigenvalue weighted by molar-refractivity contribution is 0.580. The van der Waals surface area contributed by atoms with Crippen LogP contribution in [0.4, 0.5) is 0 Å². The van der Waals surface area contributed by atoms with Crippen molar-refractivity contribution in [2.45, 2.75) is 11.4 Å². The molecular formula is C18H15N5O2S. The van der Waals surface area contributed by atoms with E-state index >= 15 is 0 Å². The fraction of sp³-hybridized carbons (Fsp3) is 0.0556. The molecule has 7 nitrogen and oxygen atoms in total. The first kappa shape index (κ1) is 16.4. The molecule has 4 aromatic rings. The van der Waals surface area contributed by atoms with Crippen molar-refractivity contribution in [1.29, 1.82) is 0 Å². The van der Waals surface area contributed by atoms with Crippen molar-refractivity contribution in [2.24, 2.45) is 0 Å². The first-order valence-electron chi connectivity index (χ1n) is 7.92. The van der Waals surface area contributed by atoms with Crippen LogP contribution in [0.3, 0.4) is 0 Å². The van der Waals surface area contributed by atoms with Crippen molar-refractivity contribution in [3.05, 3.63) is 78.9 Å². The maximum Gasteiger partial charge on any atom is 0.240 e. The molecule has 0 fully saturated rings. The Kier molecular flexibility index (Phi) is 4.19. The molecule has 0 aliphatic heterocycles. The van der Waals surface area contributed by atoms with E-state index in [1.165, 1.54) is 0 Å². The molecule has 0 amide bonds. The van der Waals surface area contributed by atoms with Crippen LogP contribution in [0.2, 0.25) is 0 Å². The lowest BCUT2D eigenvalue weighted by Crippen LogP contribution is -2.23. The van der Waals surface area contributed by atoms with Crippen LogP contribution in [0.15, 0.2) is 78.1 Å². The summed E-state index contributed by atoms with van der Waals surface area (Å²) >= 11 is 0. The van der Waals surface area contributed by atoms with Crippen molar-refractivity contribution in [3.8, 4) is 5.69 Å². The van der Waals surface area contributed by atoms with Gasteiger partial charge in [-0.1, -0.05) is 35.5 Å². The van der Waals surface area contributed by atoms with Gasteiger partial charge in [-0.3, -0.25) is 4.98 Å². The van der Waals surface area contributed by atoms with Gasteiger partial charge in [0.05, 0.1) is 35.2 Å². The number of benzene rings is 2. The lowest BCUT2D eigenvalue weighted by atomic mass is 10.1. The summed E-state index contributed by atoms with van der Waals surface area (Å²) < 4.78 is 29.2. The summed E-state index contributed by atoms with van der Waals surface area (Å²) in [5.74, 6) is 0. The third-order valence-electron chi connectivity index (χ3n) is 3.93. The summed E-state index contributed by atoms with van der Waals surface area (Å²) in [6, 6.07) is 16.3. The molecule has 8 heteroatoms. The molecule has 0 atom stereocenters. The van der Waals surface area contributed by atoms with Crippen LogP contribution < -0.4 is 4.72 Å². The highest BCUT2D eigenvalue weighted by molar-refractivity contribution is 7.89. The Bertz CT molecular complexity index is 1160. The molecule has 0 bridgehead atoms. The van der Waals surface area contributed by atoms with Crippen LogP contribution in [0.1, 0.15) is 5.69 Å². The molecule has 26 heavy (non-hydrogen) atoms. The summed E-state index contributed by atoms with van der Waals surface area (Å²) in [5, 5.41) is 9.85. The predicted molar refractivity (Wildman–Crippen MR) is 97.1 cm³/mol. The van der Waals surface area contributed by atoms with Gasteiger partial charge < -0.3 is 0 Å². The molecule has 0 unspecified atom stereocenters. The number of aromatic nitrogens is 4. The predicted octanol–water partition coefficient (Wildman–Crippen LogP) is 2.29. The summed E-state index contributed by atoms with van der Waals surface area (Å²) in [6.07, 6.45) is 4.98. The van der Waals surface area contributed by atoms with Crippen molar-refractivity contribution < 1.29 is 8.42 Å². The normalized spacial score (nSPS) is 11.7. The van der Waals surface area contributed by atoms with Gasteiger partial charge in [-0.15, -0.1) is 5.10 Å². The minimum atomic E-state index is -3.64. The zero-order valence-electron chi connectivity index (χ0n) is 13.6. The number of rotatable bonds is 5. The third kappa shape index (κ3) is 3.32. The highest BCUT2D eigenvalue weighted by Gasteiger charge is 2.15. The Labute approximate surface area is 150 Å². The molecule has 2 aromatic carbocycles. The first-order valence-corrected chi connectivity index (χ1v) is 9.40. The number of pyridine rings is 1. The summed E-state index contributed by atoms with van der Waals surface area (Å²) in [6.45, 7) is 0.0510. The largest absolute Gasteiger partial charge is 0.262 e. The van der Waals surface area contributed by atoms with E-state index in [9.17, 15) is 8.42 Å². The topological polar surface area (TPSA) is 89.8 Å². The number of sulfonamides is 1. The van der Waals surface area contributed by atoms with Gasteiger partial charge in [0, 0.05) is 6.20 Å². The van der Waals surface area contributed by atoms with E-state index in [1.54, 1.807) is 47.5 Å². The van der Waals surface area contributed by atoms with E-state index in [1.807, 2.05) is 30.3 Å². The van der Waals surface area contributed by atoms with Crippen LogP contribution in [0, 0.1) is 0 Å². The van der Waals surface area contributed by atoms with Crippen molar-refractivity contribution in [3.63, 3.8) is 0 Å². The van der Waals surface area contributed by atoms with Crippen LogP contribution in [-0.2, 0) is 16.6 Å². The van der Waals surface area contributed by atoms with Crippen molar-refractivity contribution >= 4 is 20.8 Å². The van der Waals surface area contributed by atoms with Crippen molar-refractivity contribution in [1.82, 2.24) is 24.7 Å². The standard InChI is InChI=1S/C18H15N5O2S/c24-26(25,18-8-7-14-4-1-2-5-15(14)10-18)20-11-16-13-23(22-21-16)17-6-3-9-19-12-17/h1-10,12-13,20H,11H2. The van der Waals surface area contributed by atoms with E-state index in [2.05, 4.69) is 20.0 Å². The van der Waals surface area contributed by atoms with Gasteiger partial charge in [0.15, 0.2) is 0 Å². The van der Waals surface area contributed by atoms with Gasteiger partial charge in [-0.05, 0) is 35.0 Å². The van der Waals surface area contributed by atoms with E-state index in [4.69, 9.17) is 0 Å². The monoisotopic (exact) mass is 365 g/mol. The van der Waals surface area contributed by atoms with E-state index in [0.717, 1.165) is 16.5 Å². The Balaban J connectivity index is 1.52. The van der Waals surface area contributed by atoms with Crippen LogP contribution in [-0.4, -0.2) is 28.4 Å². The number of fused-ring (bicyclic) bond motifs is 1. The fourth-order valence-electron chi connectivity index (χ4n) is 2.58. The second kappa shape index (κ2) is 6.66. The Morgan fingerprint density at radius 1 is 1.00 bits per heavy atom. The maximum atomic E-state index is 12.5. The maximum absolute atomic E-state index is 12.5. The molecule has 0 saturated heterocycles. The minimum Gasteiger partial charge on any atom is -0.262 e. The molecular weight excluding hydrogens is 350 g/mol. The van der Waals surface area contributed by atoms with E-state index < -0.39 is 10.0 Å². The average molecular weight is 365 g/mol. The van der Waals surface area contributed by atoms with Crippen LogP contribution in [0.25, 0.3) is 16.5 Å². The minimum absolute atomic E-state index is 0.0510. The molecule has 130 valence electrons. The Hall–Kier alpha value is -3.10. The molecule has 0 aliphatic rings. The molecule has 0 aliphatic carbocycles. The van der Waals surface area contributed by atoms with Gasteiger partial charge in [0.1, 0.15) is 0 Å².